The Balaban J connectivity index is 1.48. The van der Waals surface area contributed by atoms with Gasteiger partial charge in [0.25, 0.3) is 0 Å². The summed E-state index contributed by atoms with van der Waals surface area (Å²) in [5, 5.41) is 12.9. The molecule has 4 heterocycles. The van der Waals surface area contributed by atoms with E-state index >= 15 is 0 Å². The molecule has 0 aromatic carbocycles. The number of anilines is 3. The lowest BCUT2D eigenvalue weighted by atomic mass is 9.91. The summed E-state index contributed by atoms with van der Waals surface area (Å²) < 4.78 is 18.7. The normalized spacial score (nSPS) is 20.5. The maximum Gasteiger partial charge on any atom is 0.189 e. The first kappa shape index (κ1) is 19.5. The molecular weight excluding hydrogens is 415 g/mol. The molecule has 1 N–H and O–H groups in total. The lowest BCUT2D eigenvalue weighted by Crippen LogP contribution is -2.36. The van der Waals surface area contributed by atoms with Gasteiger partial charge in [-0.1, -0.05) is 17.4 Å². The van der Waals surface area contributed by atoms with E-state index in [1.54, 1.807) is 30.9 Å². The van der Waals surface area contributed by atoms with Crippen molar-refractivity contribution in [2.24, 2.45) is 5.92 Å². The van der Waals surface area contributed by atoms with Crippen LogP contribution in [0.3, 0.4) is 0 Å². The average molecular weight is 435 g/mol. The van der Waals surface area contributed by atoms with E-state index in [1.165, 1.54) is 17.5 Å². The van der Waals surface area contributed by atoms with Gasteiger partial charge >= 0.3 is 0 Å². The molecule has 3 aromatic heterocycles. The van der Waals surface area contributed by atoms with Crippen LogP contribution in [0.4, 0.5) is 21.2 Å². The van der Waals surface area contributed by atoms with Crippen molar-refractivity contribution in [3.05, 3.63) is 59.9 Å². The molecule has 0 bridgehead atoms. The first-order valence-corrected chi connectivity index (χ1v) is 10.9. The highest BCUT2D eigenvalue weighted by atomic mass is 32.1. The highest BCUT2D eigenvalue weighted by Gasteiger charge is 2.32. The summed E-state index contributed by atoms with van der Waals surface area (Å²) >= 11 is 1.26. The second-order valence-corrected chi connectivity index (χ2v) is 8.49. The molecule has 1 aliphatic carbocycles. The summed E-state index contributed by atoms with van der Waals surface area (Å²) in [6.07, 6.45) is 14.4. The van der Waals surface area contributed by atoms with Gasteiger partial charge in [0.1, 0.15) is 28.3 Å². The fraction of sp³-hybridized carbons (Fsp3) is 0.273. The zero-order valence-corrected chi connectivity index (χ0v) is 17.3. The Morgan fingerprint density at radius 3 is 3.00 bits per heavy atom. The Morgan fingerprint density at radius 1 is 1.32 bits per heavy atom. The first-order valence-electron chi connectivity index (χ1n) is 10.0. The number of nitrogens with one attached hydrogen (secondary N) is 1. The van der Waals surface area contributed by atoms with Crippen LogP contribution < -0.4 is 10.2 Å². The molecule has 156 valence electrons. The van der Waals surface area contributed by atoms with Crippen LogP contribution in [0.1, 0.15) is 24.1 Å². The number of allylic oxidation sites excluding steroid dienone is 3. The Morgan fingerprint density at radius 2 is 2.26 bits per heavy atom. The Labute approximate surface area is 182 Å². The van der Waals surface area contributed by atoms with E-state index in [1.807, 2.05) is 12.1 Å². The van der Waals surface area contributed by atoms with Crippen LogP contribution in [0.2, 0.25) is 0 Å². The second-order valence-electron chi connectivity index (χ2n) is 7.45. The van der Waals surface area contributed by atoms with Gasteiger partial charge in [-0.2, -0.15) is 5.26 Å². The maximum absolute atomic E-state index is 13.4. The smallest absolute Gasteiger partial charge is 0.189 e. The van der Waals surface area contributed by atoms with E-state index < -0.39 is 0 Å². The highest BCUT2D eigenvalue weighted by Crippen LogP contribution is 2.36. The summed E-state index contributed by atoms with van der Waals surface area (Å²) in [4.78, 5) is 16.6. The zero-order valence-electron chi connectivity index (χ0n) is 16.5. The molecule has 31 heavy (non-hydrogen) atoms. The van der Waals surface area contributed by atoms with Gasteiger partial charge in [0.2, 0.25) is 0 Å². The number of nitrogens with zero attached hydrogens (tertiary/aromatic N) is 5. The topological polar surface area (TPSA) is 90.9 Å². The SMILES string of the molecule is N#Cc1cnc(Nc2nc(N3CCCC3C3C=CC(F)=CC3)cnc2-c2ccoc2)s1. The van der Waals surface area contributed by atoms with Crippen LogP contribution in [0.25, 0.3) is 11.3 Å². The van der Waals surface area contributed by atoms with Crippen LogP contribution >= 0.6 is 11.3 Å². The zero-order chi connectivity index (χ0) is 21.2. The predicted octanol–water partition coefficient (Wildman–Crippen LogP) is 5.21. The Kier molecular flexibility index (Phi) is 5.22. The van der Waals surface area contributed by atoms with Crippen LogP contribution in [0.15, 0.2) is 59.5 Å². The minimum absolute atomic E-state index is 0.170. The van der Waals surface area contributed by atoms with Crippen molar-refractivity contribution in [2.45, 2.75) is 25.3 Å². The number of hydrogen-bond acceptors (Lipinski definition) is 8. The number of furan rings is 1. The minimum atomic E-state index is -0.170. The van der Waals surface area contributed by atoms with Gasteiger partial charge in [-0.05, 0) is 37.5 Å². The molecule has 0 amide bonds. The molecular formula is C22H19FN6OS. The molecule has 9 heteroatoms. The van der Waals surface area contributed by atoms with Crippen LogP contribution in [0.5, 0.6) is 0 Å². The number of thiazole rings is 1. The molecule has 2 atom stereocenters. The predicted molar refractivity (Wildman–Crippen MR) is 117 cm³/mol. The fourth-order valence-electron chi connectivity index (χ4n) is 4.12. The lowest BCUT2D eigenvalue weighted by Gasteiger charge is -2.31. The molecule has 7 nitrogen and oxygen atoms in total. The summed E-state index contributed by atoms with van der Waals surface area (Å²) in [6, 6.07) is 4.16. The third kappa shape index (κ3) is 3.94. The van der Waals surface area contributed by atoms with Crippen molar-refractivity contribution in [2.75, 3.05) is 16.8 Å². The monoisotopic (exact) mass is 434 g/mol. The molecule has 0 spiro atoms. The number of rotatable bonds is 5. The van der Waals surface area contributed by atoms with Gasteiger partial charge in [-0.15, -0.1) is 0 Å². The molecule has 1 fully saturated rings. The second kappa shape index (κ2) is 8.32. The average Bonchev–Trinajstić information content (AvgIpc) is 3.56. The van der Waals surface area contributed by atoms with E-state index in [2.05, 4.69) is 26.3 Å². The fourth-order valence-corrected chi connectivity index (χ4v) is 4.73. The summed E-state index contributed by atoms with van der Waals surface area (Å²) in [5.74, 6) is 1.38. The quantitative estimate of drug-likeness (QED) is 0.590. The summed E-state index contributed by atoms with van der Waals surface area (Å²) in [7, 11) is 0. The molecule has 3 aromatic rings. The van der Waals surface area contributed by atoms with Crippen molar-refractivity contribution in [1.29, 1.82) is 5.26 Å². The van der Waals surface area contributed by atoms with Gasteiger partial charge < -0.3 is 14.6 Å². The Hall–Kier alpha value is -3.51. The van der Waals surface area contributed by atoms with Gasteiger partial charge in [0, 0.05) is 24.1 Å². The number of hydrogen-bond donors (Lipinski definition) is 1. The van der Waals surface area contributed by atoms with E-state index in [0.29, 0.717) is 27.9 Å². The summed E-state index contributed by atoms with van der Waals surface area (Å²) in [6.45, 7) is 0.871. The van der Waals surface area contributed by atoms with Crippen LogP contribution in [0, 0.1) is 17.2 Å². The lowest BCUT2D eigenvalue weighted by molar-refractivity contribution is 0.487. The van der Waals surface area contributed by atoms with E-state index in [4.69, 9.17) is 14.7 Å². The standard InChI is InChI=1S/C22H19FN6OS/c23-16-5-3-14(4-6-16)18-2-1-8-29(18)19-12-25-20(15-7-9-30-13-15)21(27-19)28-22-26-11-17(10-24)31-22/h3,5-7,9,11-14,18H,1-2,4,8H2,(H,26,27,28). The third-order valence-electron chi connectivity index (χ3n) is 5.57. The van der Waals surface area contributed by atoms with Crippen molar-refractivity contribution >= 4 is 28.1 Å². The van der Waals surface area contributed by atoms with Gasteiger partial charge in [-0.3, -0.25) is 0 Å². The molecule has 1 saturated heterocycles. The van der Waals surface area contributed by atoms with Crippen molar-refractivity contribution < 1.29 is 8.81 Å². The molecule has 0 radical (unpaired) electrons. The van der Waals surface area contributed by atoms with Gasteiger partial charge in [0.15, 0.2) is 10.9 Å². The van der Waals surface area contributed by atoms with Gasteiger partial charge in [-0.25, -0.2) is 19.3 Å². The van der Waals surface area contributed by atoms with Crippen LogP contribution in [-0.4, -0.2) is 27.5 Å². The Bertz CT molecular complexity index is 1180. The molecule has 2 unspecified atom stereocenters. The van der Waals surface area contributed by atoms with E-state index in [-0.39, 0.29) is 17.8 Å². The maximum atomic E-state index is 13.4. The van der Waals surface area contributed by atoms with Crippen molar-refractivity contribution in [3.8, 4) is 17.3 Å². The van der Waals surface area contributed by atoms with Crippen LogP contribution in [-0.2, 0) is 0 Å². The largest absolute Gasteiger partial charge is 0.472 e. The first-order chi connectivity index (χ1) is 15.2. The molecule has 0 saturated carbocycles. The molecule has 5 rings (SSSR count). The van der Waals surface area contributed by atoms with E-state index in [9.17, 15) is 4.39 Å². The number of halogens is 1. The molecule has 2 aliphatic rings. The molecule has 1 aliphatic heterocycles. The summed E-state index contributed by atoms with van der Waals surface area (Å²) in [5.41, 5.74) is 1.44. The highest BCUT2D eigenvalue weighted by molar-refractivity contribution is 7.16. The van der Waals surface area contributed by atoms with Gasteiger partial charge in [0.05, 0.1) is 24.9 Å². The van der Waals surface area contributed by atoms with Crippen molar-refractivity contribution in [1.82, 2.24) is 15.0 Å². The van der Waals surface area contributed by atoms with E-state index in [0.717, 1.165) is 30.8 Å². The number of nitriles is 1. The third-order valence-corrected chi connectivity index (χ3v) is 6.39. The number of aromatic nitrogens is 3. The minimum Gasteiger partial charge on any atom is -0.472 e. The van der Waals surface area contributed by atoms with Crippen molar-refractivity contribution in [3.63, 3.8) is 0 Å².